The Morgan fingerprint density at radius 3 is 2.75 bits per heavy atom. The first kappa shape index (κ1) is 13.9. The first-order chi connectivity index (χ1) is 9.65. The third-order valence-electron chi connectivity index (χ3n) is 2.67. The van der Waals surface area contributed by atoms with Crippen LogP contribution in [-0.4, -0.2) is 29.0 Å². The summed E-state index contributed by atoms with van der Waals surface area (Å²) in [5.74, 6) is 0.886. The monoisotopic (exact) mass is 274 g/mol. The average molecular weight is 274 g/mol. The number of nitrogens with zero attached hydrogens (tertiary/aromatic N) is 3. The maximum Gasteiger partial charge on any atom is 0.280 e. The summed E-state index contributed by atoms with van der Waals surface area (Å²) in [5, 5.41) is 14.0. The first-order valence-corrected chi connectivity index (χ1v) is 5.94. The van der Waals surface area contributed by atoms with E-state index in [1.54, 1.807) is 38.4 Å². The van der Waals surface area contributed by atoms with E-state index in [0.29, 0.717) is 29.5 Å². The SMILES string of the molecule is CNc1cc(COC)nc(-c2ccccc2[N+](=O)[O-])n1. The number of methoxy groups -OCH3 is 1. The van der Waals surface area contributed by atoms with Crippen LogP contribution >= 0.6 is 0 Å². The molecule has 0 bridgehead atoms. The van der Waals surface area contributed by atoms with E-state index in [2.05, 4.69) is 15.3 Å². The second kappa shape index (κ2) is 6.07. The highest BCUT2D eigenvalue weighted by atomic mass is 16.6. The summed E-state index contributed by atoms with van der Waals surface area (Å²) in [6.07, 6.45) is 0. The van der Waals surface area contributed by atoms with E-state index < -0.39 is 4.92 Å². The van der Waals surface area contributed by atoms with E-state index in [4.69, 9.17) is 4.74 Å². The van der Waals surface area contributed by atoms with Gasteiger partial charge in [-0.3, -0.25) is 10.1 Å². The fourth-order valence-corrected chi connectivity index (χ4v) is 1.79. The van der Waals surface area contributed by atoms with Gasteiger partial charge in [0.1, 0.15) is 5.82 Å². The Kier molecular flexibility index (Phi) is 4.21. The number of nitro groups is 1. The average Bonchev–Trinajstić information content (AvgIpc) is 2.47. The van der Waals surface area contributed by atoms with Crippen molar-refractivity contribution in [3.63, 3.8) is 0 Å². The quantitative estimate of drug-likeness (QED) is 0.664. The van der Waals surface area contributed by atoms with Crippen LogP contribution in [0.3, 0.4) is 0 Å². The van der Waals surface area contributed by atoms with Gasteiger partial charge in [0.25, 0.3) is 5.69 Å². The Morgan fingerprint density at radius 1 is 1.35 bits per heavy atom. The highest BCUT2D eigenvalue weighted by Crippen LogP contribution is 2.27. The van der Waals surface area contributed by atoms with Crippen LogP contribution in [0.1, 0.15) is 5.69 Å². The standard InChI is InChI=1S/C13H14N4O3/c1-14-12-7-9(8-20-2)15-13(16-12)10-5-3-4-6-11(10)17(18)19/h3-7H,8H2,1-2H3,(H,14,15,16). The number of anilines is 1. The topological polar surface area (TPSA) is 90.2 Å². The lowest BCUT2D eigenvalue weighted by molar-refractivity contribution is -0.384. The van der Waals surface area contributed by atoms with Crippen LogP contribution in [0.4, 0.5) is 11.5 Å². The van der Waals surface area contributed by atoms with Crippen LogP contribution in [0.25, 0.3) is 11.4 Å². The highest BCUT2D eigenvalue weighted by molar-refractivity contribution is 5.68. The number of ether oxygens (including phenoxy) is 1. The van der Waals surface area contributed by atoms with Gasteiger partial charge in [0.05, 0.1) is 22.8 Å². The minimum absolute atomic E-state index is 0.0240. The van der Waals surface area contributed by atoms with Crippen molar-refractivity contribution in [2.45, 2.75) is 6.61 Å². The summed E-state index contributed by atoms with van der Waals surface area (Å²) in [4.78, 5) is 19.2. The minimum Gasteiger partial charge on any atom is -0.378 e. The van der Waals surface area contributed by atoms with Gasteiger partial charge in [-0.2, -0.15) is 0 Å². The molecule has 104 valence electrons. The summed E-state index contributed by atoms with van der Waals surface area (Å²) in [6.45, 7) is 0.310. The van der Waals surface area contributed by atoms with Crippen LogP contribution in [0.5, 0.6) is 0 Å². The molecular formula is C13H14N4O3. The predicted molar refractivity (Wildman–Crippen MR) is 74.4 cm³/mol. The number of benzene rings is 1. The van der Waals surface area contributed by atoms with Gasteiger partial charge in [0.2, 0.25) is 0 Å². The molecule has 0 atom stereocenters. The van der Waals surface area contributed by atoms with Crippen molar-refractivity contribution < 1.29 is 9.66 Å². The molecular weight excluding hydrogens is 260 g/mol. The fraction of sp³-hybridized carbons (Fsp3) is 0.231. The van der Waals surface area contributed by atoms with E-state index >= 15 is 0 Å². The van der Waals surface area contributed by atoms with E-state index in [9.17, 15) is 10.1 Å². The van der Waals surface area contributed by atoms with Gasteiger partial charge < -0.3 is 10.1 Å². The molecule has 0 aliphatic rings. The molecule has 1 aromatic heterocycles. The number of aromatic nitrogens is 2. The van der Waals surface area contributed by atoms with E-state index in [1.807, 2.05) is 0 Å². The molecule has 1 aromatic carbocycles. The minimum atomic E-state index is -0.444. The maximum atomic E-state index is 11.1. The third kappa shape index (κ3) is 2.89. The normalized spacial score (nSPS) is 10.3. The number of nitrogens with one attached hydrogen (secondary N) is 1. The summed E-state index contributed by atoms with van der Waals surface area (Å²) >= 11 is 0. The van der Waals surface area contributed by atoms with Gasteiger partial charge in [0, 0.05) is 26.3 Å². The molecule has 0 fully saturated rings. The Hall–Kier alpha value is -2.54. The Bertz CT molecular complexity index is 631. The molecule has 20 heavy (non-hydrogen) atoms. The second-order valence-corrected chi connectivity index (χ2v) is 4.03. The van der Waals surface area contributed by atoms with Gasteiger partial charge in [-0.1, -0.05) is 12.1 Å². The van der Waals surface area contributed by atoms with Crippen molar-refractivity contribution in [1.29, 1.82) is 0 Å². The first-order valence-electron chi connectivity index (χ1n) is 5.94. The summed E-state index contributed by atoms with van der Waals surface area (Å²) < 4.78 is 5.04. The van der Waals surface area contributed by atoms with Gasteiger partial charge in [-0.15, -0.1) is 0 Å². The molecule has 2 rings (SSSR count). The lowest BCUT2D eigenvalue weighted by Gasteiger charge is -2.07. The molecule has 0 aliphatic heterocycles. The third-order valence-corrected chi connectivity index (χ3v) is 2.67. The molecule has 0 amide bonds. The van der Waals surface area contributed by atoms with Crippen molar-refractivity contribution in [1.82, 2.24) is 9.97 Å². The molecule has 1 heterocycles. The van der Waals surface area contributed by atoms with Crippen molar-refractivity contribution in [3.05, 3.63) is 46.1 Å². The number of hydrogen-bond donors (Lipinski definition) is 1. The Labute approximate surface area is 115 Å². The maximum absolute atomic E-state index is 11.1. The van der Waals surface area contributed by atoms with Crippen LogP contribution in [0.2, 0.25) is 0 Å². The zero-order valence-corrected chi connectivity index (χ0v) is 11.2. The van der Waals surface area contributed by atoms with Gasteiger partial charge in [-0.05, 0) is 6.07 Å². The van der Waals surface area contributed by atoms with Crippen molar-refractivity contribution in [3.8, 4) is 11.4 Å². The molecule has 0 saturated heterocycles. The molecule has 0 radical (unpaired) electrons. The molecule has 0 unspecified atom stereocenters. The molecule has 2 aromatic rings. The predicted octanol–water partition coefficient (Wildman–Crippen LogP) is 2.24. The lowest BCUT2D eigenvalue weighted by Crippen LogP contribution is -2.03. The van der Waals surface area contributed by atoms with Crippen LogP contribution < -0.4 is 5.32 Å². The van der Waals surface area contributed by atoms with Crippen molar-refractivity contribution in [2.24, 2.45) is 0 Å². The zero-order valence-electron chi connectivity index (χ0n) is 11.2. The highest BCUT2D eigenvalue weighted by Gasteiger charge is 2.17. The fourth-order valence-electron chi connectivity index (χ4n) is 1.79. The molecule has 7 heteroatoms. The summed E-state index contributed by atoms with van der Waals surface area (Å²) in [6, 6.07) is 8.12. The molecule has 0 aliphatic carbocycles. The van der Waals surface area contributed by atoms with E-state index in [0.717, 1.165) is 0 Å². The largest absolute Gasteiger partial charge is 0.378 e. The number of rotatable bonds is 5. The number of para-hydroxylation sites is 1. The smallest absolute Gasteiger partial charge is 0.280 e. The van der Waals surface area contributed by atoms with Crippen molar-refractivity contribution >= 4 is 11.5 Å². The molecule has 1 N–H and O–H groups in total. The second-order valence-electron chi connectivity index (χ2n) is 4.03. The van der Waals surface area contributed by atoms with Crippen LogP contribution in [0, 0.1) is 10.1 Å². The summed E-state index contributed by atoms with van der Waals surface area (Å²) in [7, 11) is 3.29. The number of hydrogen-bond acceptors (Lipinski definition) is 6. The van der Waals surface area contributed by atoms with Crippen LogP contribution in [-0.2, 0) is 11.3 Å². The van der Waals surface area contributed by atoms with Gasteiger partial charge in [-0.25, -0.2) is 9.97 Å². The lowest BCUT2D eigenvalue weighted by atomic mass is 10.1. The molecule has 0 saturated carbocycles. The van der Waals surface area contributed by atoms with Gasteiger partial charge in [0.15, 0.2) is 5.82 Å². The summed E-state index contributed by atoms with van der Waals surface area (Å²) in [5.41, 5.74) is 1.01. The molecule has 7 nitrogen and oxygen atoms in total. The van der Waals surface area contributed by atoms with E-state index in [-0.39, 0.29) is 5.69 Å². The Morgan fingerprint density at radius 2 is 2.10 bits per heavy atom. The van der Waals surface area contributed by atoms with Crippen molar-refractivity contribution in [2.75, 3.05) is 19.5 Å². The Balaban J connectivity index is 2.57. The number of nitro benzene ring substituents is 1. The zero-order chi connectivity index (χ0) is 14.5. The van der Waals surface area contributed by atoms with Crippen LogP contribution in [0.15, 0.2) is 30.3 Å². The molecule has 0 spiro atoms. The van der Waals surface area contributed by atoms with Gasteiger partial charge >= 0.3 is 0 Å². The van der Waals surface area contributed by atoms with E-state index in [1.165, 1.54) is 6.07 Å².